The van der Waals surface area contributed by atoms with Crippen molar-refractivity contribution in [3.05, 3.63) is 54.1 Å². The Morgan fingerprint density at radius 2 is 1.88 bits per heavy atom. The number of hydrogen-bond acceptors (Lipinski definition) is 4. The fourth-order valence-electron chi connectivity index (χ4n) is 2.68. The minimum Gasteiger partial charge on any atom is -0.338 e. The Morgan fingerprint density at radius 1 is 1.15 bits per heavy atom. The number of hydrogen-bond donors (Lipinski definition) is 2. The fourth-order valence-corrected chi connectivity index (χ4v) is 3.79. The number of ketones is 1. The van der Waals surface area contributed by atoms with Crippen LogP contribution in [0.4, 0.5) is 16.2 Å². The van der Waals surface area contributed by atoms with E-state index in [1.54, 1.807) is 35.2 Å². The Labute approximate surface area is 152 Å². The number of nitrogens with zero attached hydrogens (tertiary/aromatic N) is 1. The minimum atomic E-state index is -3.81. The first-order valence-corrected chi connectivity index (χ1v) is 9.64. The SMILES string of the molecule is CC(=O)c1cccc(S(=O)(=O)Nc2ccc(N3CCCNC3=O)cc2)c1. The van der Waals surface area contributed by atoms with Crippen LogP contribution in [0.15, 0.2) is 53.4 Å². The molecule has 0 spiro atoms. The highest BCUT2D eigenvalue weighted by molar-refractivity contribution is 7.92. The molecule has 8 heteroatoms. The minimum absolute atomic E-state index is 0.0182. The van der Waals surface area contributed by atoms with Gasteiger partial charge in [0.2, 0.25) is 0 Å². The topological polar surface area (TPSA) is 95.6 Å². The van der Waals surface area contributed by atoms with E-state index in [1.807, 2.05) is 0 Å². The second-order valence-electron chi connectivity index (χ2n) is 5.97. The summed E-state index contributed by atoms with van der Waals surface area (Å²) in [7, 11) is -3.81. The lowest BCUT2D eigenvalue weighted by atomic mass is 10.2. The zero-order valence-electron chi connectivity index (χ0n) is 14.2. The van der Waals surface area contributed by atoms with Crippen LogP contribution in [0.1, 0.15) is 23.7 Å². The number of rotatable bonds is 5. The lowest BCUT2D eigenvalue weighted by molar-refractivity contribution is 0.101. The molecule has 2 aromatic carbocycles. The van der Waals surface area contributed by atoms with Gasteiger partial charge in [-0.05, 0) is 49.7 Å². The molecule has 2 aromatic rings. The predicted octanol–water partition coefficient (Wildman–Crippen LogP) is 2.61. The zero-order chi connectivity index (χ0) is 18.7. The third-order valence-corrected chi connectivity index (χ3v) is 5.44. The van der Waals surface area contributed by atoms with Crippen LogP contribution in [0.2, 0.25) is 0 Å². The van der Waals surface area contributed by atoms with Gasteiger partial charge in [-0.2, -0.15) is 0 Å². The molecule has 0 saturated carbocycles. The van der Waals surface area contributed by atoms with Gasteiger partial charge in [-0.25, -0.2) is 13.2 Å². The molecule has 1 saturated heterocycles. The summed E-state index contributed by atoms with van der Waals surface area (Å²) < 4.78 is 27.5. The van der Waals surface area contributed by atoms with E-state index >= 15 is 0 Å². The summed E-state index contributed by atoms with van der Waals surface area (Å²) in [6.45, 7) is 2.66. The van der Waals surface area contributed by atoms with Crippen molar-refractivity contribution < 1.29 is 18.0 Å². The molecule has 136 valence electrons. The Balaban J connectivity index is 1.79. The number of carbonyl (C=O) groups is 2. The van der Waals surface area contributed by atoms with Crippen LogP contribution >= 0.6 is 0 Å². The number of nitrogens with one attached hydrogen (secondary N) is 2. The zero-order valence-corrected chi connectivity index (χ0v) is 15.0. The molecule has 3 rings (SSSR count). The second-order valence-corrected chi connectivity index (χ2v) is 7.66. The molecule has 1 aliphatic heterocycles. The second kappa shape index (κ2) is 7.17. The highest BCUT2D eigenvalue weighted by atomic mass is 32.2. The summed E-state index contributed by atoms with van der Waals surface area (Å²) in [5, 5.41) is 2.77. The van der Waals surface area contributed by atoms with Crippen molar-refractivity contribution in [3.63, 3.8) is 0 Å². The quantitative estimate of drug-likeness (QED) is 0.788. The van der Waals surface area contributed by atoms with Crippen molar-refractivity contribution in [2.24, 2.45) is 0 Å². The molecule has 2 N–H and O–H groups in total. The Bertz CT molecular complexity index is 939. The van der Waals surface area contributed by atoms with E-state index in [4.69, 9.17) is 0 Å². The first-order chi connectivity index (χ1) is 12.4. The van der Waals surface area contributed by atoms with Crippen molar-refractivity contribution in [3.8, 4) is 0 Å². The molecule has 0 radical (unpaired) electrons. The largest absolute Gasteiger partial charge is 0.338 e. The highest BCUT2D eigenvalue weighted by Crippen LogP contribution is 2.22. The van der Waals surface area contributed by atoms with E-state index in [0.29, 0.717) is 30.0 Å². The van der Waals surface area contributed by atoms with Gasteiger partial charge in [0.25, 0.3) is 10.0 Å². The third kappa shape index (κ3) is 3.85. The van der Waals surface area contributed by atoms with Crippen LogP contribution < -0.4 is 14.9 Å². The summed E-state index contributed by atoms with van der Waals surface area (Å²) in [6.07, 6.45) is 0.854. The van der Waals surface area contributed by atoms with Gasteiger partial charge in [-0.1, -0.05) is 12.1 Å². The smallest absolute Gasteiger partial charge is 0.321 e. The average Bonchev–Trinajstić information content (AvgIpc) is 2.63. The van der Waals surface area contributed by atoms with E-state index in [2.05, 4.69) is 10.0 Å². The van der Waals surface area contributed by atoms with Crippen molar-refractivity contribution in [2.75, 3.05) is 22.7 Å². The third-order valence-electron chi connectivity index (χ3n) is 4.06. The molecule has 1 fully saturated rings. The van der Waals surface area contributed by atoms with Gasteiger partial charge in [-0.15, -0.1) is 0 Å². The summed E-state index contributed by atoms with van der Waals surface area (Å²) in [4.78, 5) is 24.9. The number of urea groups is 1. The van der Waals surface area contributed by atoms with Crippen LogP contribution in [0, 0.1) is 0 Å². The first kappa shape index (κ1) is 17.9. The monoisotopic (exact) mass is 373 g/mol. The van der Waals surface area contributed by atoms with E-state index in [-0.39, 0.29) is 16.7 Å². The van der Waals surface area contributed by atoms with Crippen molar-refractivity contribution in [2.45, 2.75) is 18.2 Å². The maximum absolute atomic E-state index is 12.5. The Kier molecular flexibility index (Phi) is 4.94. The van der Waals surface area contributed by atoms with Gasteiger partial charge in [0.05, 0.1) is 4.90 Å². The molecule has 0 bridgehead atoms. The number of sulfonamides is 1. The van der Waals surface area contributed by atoms with Gasteiger partial charge in [0.15, 0.2) is 5.78 Å². The predicted molar refractivity (Wildman–Crippen MR) is 99.1 cm³/mol. The lowest BCUT2D eigenvalue weighted by Crippen LogP contribution is -2.46. The van der Waals surface area contributed by atoms with Gasteiger partial charge in [0.1, 0.15) is 0 Å². The number of carbonyl (C=O) groups excluding carboxylic acids is 2. The van der Waals surface area contributed by atoms with Gasteiger partial charge < -0.3 is 5.32 Å². The van der Waals surface area contributed by atoms with E-state index < -0.39 is 10.0 Å². The van der Waals surface area contributed by atoms with Gasteiger partial charge in [0, 0.05) is 30.0 Å². The first-order valence-electron chi connectivity index (χ1n) is 8.16. The average molecular weight is 373 g/mol. The number of benzene rings is 2. The van der Waals surface area contributed by atoms with Crippen LogP contribution in [-0.2, 0) is 10.0 Å². The van der Waals surface area contributed by atoms with E-state index in [1.165, 1.54) is 25.1 Å². The fraction of sp³-hybridized carbons (Fsp3) is 0.222. The summed E-state index contributed by atoms with van der Waals surface area (Å²) in [5.41, 5.74) is 1.41. The van der Waals surface area contributed by atoms with Crippen LogP contribution in [0.5, 0.6) is 0 Å². The van der Waals surface area contributed by atoms with Gasteiger partial charge in [-0.3, -0.25) is 14.4 Å². The van der Waals surface area contributed by atoms with Crippen LogP contribution in [0.3, 0.4) is 0 Å². The molecule has 2 amide bonds. The maximum atomic E-state index is 12.5. The van der Waals surface area contributed by atoms with E-state index in [0.717, 1.165) is 6.42 Å². The number of amides is 2. The molecule has 0 aromatic heterocycles. The molecular formula is C18H19N3O4S. The molecular weight excluding hydrogens is 354 g/mol. The Hall–Kier alpha value is -2.87. The van der Waals surface area contributed by atoms with Crippen molar-refractivity contribution >= 4 is 33.2 Å². The van der Waals surface area contributed by atoms with Crippen molar-refractivity contribution in [1.82, 2.24) is 5.32 Å². The molecule has 1 heterocycles. The standard InChI is InChI=1S/C18H19N3O4S/c1-13(22)14-4-2-5-17(12-14)26(24,25)20-15-6-8-16(9-7-15)21-11-3-10-19-18(21)23/h2,4-9,12,20H,3,10-11H2,1H3,(H,19,23). The van der Waals surface area contributed by atoms with E-state index in [9.17, 15) is 18.0 Å². The van der Waals surface area contributed by atoms with Crippen molar-refractivity contribution in [1.29, 1.82) is 0 Å². The molecule has 0 atom stereocenters. The molecule has 7 nitrogen and oxygen atoms in total. The molecule has 0 aliphatic carbocycles. The van der Waals surface area contributed by atoms with Crippen LogP contribution in [-0.4, -0.2) is 33.3 Å². The summed E-state index contributed by atoms with van der Waals surface area (Å²) in [6, 6.07) is 12.3. The molecule has 1 aliphatic rings. The number of anilines is 2. The van der Waals surface area contributed by atoms with Crippen LogP contribution in [0.25, 0.3) is 0 Å². The highest BCUT2D eigenvalue weighted by Gasteiger charge is 2.20. The Morgan fingerprint density at radius 3 is 2.54 bits per heavy atom. The summed E-state index contributed by atoms with van der Waals surface area (Å²) >= 11 is 0. The molecule has 26 heavy (non-hydrogen) atoms. The lowest BCUT2D eigenvalue weighted by Gasteiger charge is -2.27. The molecule has 0 unspecified atom stereocenters. The van der Waals surface area contributed by atoms with Gasteiger partial charge >= 0.3 is 6.03 Å². The maximum Gasteiger partial charge on any atom is 0.321 e. The normalized spacial score (nSPS) is 14.7. The summed E-state index contributed by atoms with van der Waals surface area (Å²) in [5.74, 6) is -0.203. The number of Topliss-reactive ketones (excluding diaryl/α,β-unsaturated/α-hetero) is 1.